The van der Waals surface area contributed by atoms with Crippen LogP contribution in [0.4, 0.5) is 0 Å². The fraction of sp³-hybridized carbons (Fsp3) is 0.471. The fourth-order valence-corrected chi connectivity index (χ4v) is 2.93. The summed E-state index contributed by atoms with van der Waals surface area (Å²) >= 11 is 6.09. The second-order valence-electron chi connectivity index (χ2n) is 5.61. The Morgan fingerprint density at radius 3 is 2.71 bits per heavy atom. The maximum atomic E-state index is 6.09. The molecule has 0 aliphatic rings. The molecule has 2 rings (SSSR count). The van der Waals surface area contributed by atoms with Crippen molar-refractivity contribution in [3.63, 3.8) is 0 Å². The van der Waals surface area contributed by atoms with Crippen LogP contribution in [-0.2, 0) is 19.9 Å². The monoisotopic (exact) mass is 305 g/mol. The van der Waals surface area contributed by atoms with Crippen molar-refractivity contribution in [1.29, 1.82) is 0 Å². The van der Waals surface area contributed by atoms with Gasteiger partial charge in [0.05, 0.1) is 5.69 Å². The molecule has 1 N–H and O–H groups in total. The van der Waals surface area contributed by atoms with E-state index >= 15 is 0 Å². The Hall–Kier alpha value is -1.32. The minimum atomic E-state index is 0.540. The summed E-state index contributed by atoms with van der Waals surface area (Å²) in [6.45, 7) is 6.19. The minimum Gasteiger partial charge on any atom is -0.317 e. The smallest absolute Gasteiger partial charge is 0.0596 e. The van der Waals surface area contributed by atoms with Gasteiger partial charge in [0.25, 0.3) is 0 Å². The van der Waals surface area contributed by atoms with E-state index in [-0.39, 0.29) is 0 Å². The first-order valence-corrected chi connectivity index (χ1v) is 7.91. The zero-order chi connectivity index (χ0) is 15.2. The Morgan fingerprint density at radius 2 is 2.10 bits per heavy atom. The quantitative estimate of drug-likeness (QED) is 0.850. The molecule has 2 aromatic rings. The predicted octanol–water partition coefficient (Wildman–Crippen LogP) is 3.39. The summed E-state index contributed by atoms with van der Waals surface area (Å²) in [5.74, 6) is 0.540. The lowest BCUT2D eigenvalue weighted by Gasteiger charge is -2.17. The summed E-state index contributed by atoms with van der Waals surface area (Å²) in [4.78, 5) is 0. The zero-order valence-corrected chi connectivity index (χ0v) is 13.8. The van der Waals surface area contributed by atoms with Gasteiger partial charge in [-0.2, -0.15) is 5.10 Å². The number of nitrogens with one attached hydrogen (secondary N) is 1. The first-order valence-electron chi connectivity index (χ1n) is 7.53. The average molecular weight is 306 g/mol. The van der Waals surface area contributed by atoms with Crippen molar-refractivity contribution in [2.24, 2.45) is 13.0 Å². The Bertz CT molecular complexity index is 577. The van der Waals surface area contributed by atoms with Crippen LogP contribution < -0.4 is 5.32 Å². The third kappa shape index (κ3) is 4.87. The molecular formula is C17H24ClN3. The van der Waals surface area contributed by atoms with Gasteiger partial charge < -0.3 is 5.32 Å². The number of nitrogens with zero attached hydrogens (tertiary/aromatic N) is 2. The third-order valence-corrected chi connectivity index (χ3v) is 3.93. The molecule has 3 nitrogen and oxygen atoms in total. The molecular weight excluding hydrogens is 282 g/mol. The van der Waals surface area contributed by atoms with E-state index in [1.165, 1.54) is 11.3 Å². The van der Waals surface area contributed by atoms with Gasteiger partial charge in [-0.15, -0.1) is 0 Å². The summed E-state index contributed by atoms with van der Waals surface area (Å²) in [7, 11) is 2.02. The Kier molecular flexibility index (Phi) is 5.83. The summed E-state index contributed by atoms with van der Waals surface area (Å²) in [6.07, 6.45) is 2.05. The van der Waals surface area contributed by atoms with E-state index in [9.17, 15) is 0 Å². The molecule has 1 unspecified atom stereocenters. The third-order valence-electron chi connectivity index (χ3n) is 3.69. The molecule has 0 amide bonds. The number of aromatic nitrogens is 2. The number of rotatable bonds is 7. The van der Waals surface area contributed by atoms with Crippen molar-refractivity contribution in [3.05, 3.63) is 52.3 Å². The second kappa shape index (κ2) is 7.62. The summed E-state index contributed by atoms with van der Waals surface area (Å²) < 4.78 is 1.99. The highest BCUT2D eigenvalue weighted by atomic mass is 35.5. The van der Waals surface area contributed by atoms with Crippen molar-refractivity contribution in [2.75, 3.05) is 13.1 Å². The van der Waals surface area contributed by atoms with Crippen LogP contribution in [0.1, 0.15) is 23.9 Å². The summed E-state index contributed by atoms with van der Waals surface area (Å²) in [6, 6.07) is 10.3. The van der Waals surface area contributed by atoms with E-state index in [1.807, 2.05) is 30.8 Å². The van der Waals surface area contributed by atoms with Gasteiger partial charge in [0, 0.05) is 17.8 Å². The maximum Gasteiger partial charge on any atom is 0.0596 e. The SMILES string of the molecule is CCNCC(Cc1cccc(Cl)c1)Cc1cc(C)nn1C. The fourth-order valence-electron chi connectivity index (χ4n) is 2.71. The highest BCUT2D eigenvalue weighted by Crippen LogP contribution is 2.18. The van der Waals surface area contributed by atoms with Crippen LogP contribution in [0.5, 0.6) is 0 Å². The molecule has 4 heteroatoms. The van der Waals surface area contributed by atoms with Crippen LogP contribution in [-0.4, -0.2) is 22.9 Å². The van der Waals surface area contributed by atoms with E-state index in [1.54, 1.807) is 0 Å². The molecule has 1 atom stereocenters. The first-order chi connectivity index (χ1) is 10.1. The van der Waals surface area contributed by atoms with Crippen LogP contribution in [0.15, 0.2) is 30.3 Å². The Labute approximate surface area is 132 Å². The number of hydrogen-bond donors (Lipinski definition) is 1. The molecule has 114 valence electrons. The molecule has 21 heavy (non-hydrogen) atoms. The van der Waals surface area contributed by atoms with E-state index in [4.69, 9.17) is 11.6 Å². The van der Waals surface area contributed by atoms with E-state index in [0.29, 0.717) is 5.92 Å². The van der Waals surface area contributed by atoms with Gasteiger partial charge in [0.1, 0.15) is 0 Å². The predicted molar refractivity (Wildman–Crippen MR) is 88.8 cm³/mol. The molecule has 1 aromatic heterocycles. The second-order valence-corrected chi connectivity index (χ2v) is 6.05. The van der Waals surface area contributed by atoms with Crippen molar-refractivity contribution in [2.45, 2.75) is 26.7 Å². The van der Waals surface area contributed by atoms with Crippen molar-refractivity contribution in [3.8, 4) is 0 Å². The number of benzene rings is 1. The van der Waals surface area contributed by atoms with E-state index in [2.05, 4.69) is 35.5 Å². The zero-order valence-electron chi connectivity index (χ0n) is 13.1. The van der Waals surface area contributed by atoms with Gasteiger partial charge >= 0.3 is 0 Å². The van der Waals surface area contributed by atoms with Gasteiger partial charge in [-0.25, -0.2) is 0 Å². The number of aryl methyl sites for hydroxylation is 2. The van der Waals surface area contributed by atoms with Crippen LogP contribution >= 0.6 is 11.6 Å². The van der Waals surface area contributed by atoms with Crippen LogP contribution in [0, 0.1) is 12.8 Å². The van der Waals surface area contributed by atoms with Gasteiger partial charge in [-0.05, 0) is 62.5 Å². The number of halogens is 1. The van der Waals surface area contributed by atoms with Crippen LogP contribution in [0.25, 0.3) is 0 Å². The normalized spacial score (nSPS) is 12.6. The molecule has 1 aromatic carbocycles. The van der Waals surface area contributed by atoms with E-state index in [0.717, 1.165) is 36.6 Å². The van der Waals surface area contributed by atoms with Crippen LogP contribution in [0.2, 0.25) is 5.02 Å². The van der Waals surface area contributed by atoms with Gasteiger partial charge in [0.15, 0.2) is 0 Å². The molecule has 1 heterocycles. The van der Waals surface area contributed by atoms with Gasteiger partial charge in [-0.1, -0.05) is 30.7 Å². The highest BCUT2D eigenvalue weighted by Gasteiger charge is 2.13. The first kappa shape index (κ1) is 16.1. The topological polar surface area (TPSA) is 29.9 Å². The van der Waals surface area contributed by atoms with Gasteiger partial charge in [0.2, 0.25) is 0 Å². The van der Waals surface area contributed by atoms with Crippen molar-refractivity contribution in [1.82, 2.24) is 15.1 Å². The lowest BCUT2D eigenvalue weighted by atomic mass is 9.94. The molecule has 0 radical (unpaired) electrons. The lowest BCUT2D eigenvalue weighted by Crippen LogP contribution is -2.26. The standard InChI is InChI=1S/C17H24ClN3/c1-4-19-12-15(9-14-6-5-7-16(18)10-14)11-17-8-13(2)20-21(17)3/h5-8,10,15,19H,4,9,11-12H2,1-3H3. The van der Waals surface area contributed by atoms with Crippen LogP contribution in [0.3, 0.4) is 0 Å². The number of hydrogen-bond acceptors (Lipinski definition) is 2. The molecule has 0 saturated heterocycles. The van der Waals surface area contributed by atoms with Gasteiger partial charge in [-0.3, -0.25) is 4.68 Å². The molecule has 0 aliphatic carbocycles. The summed E-state index contributed by atoms with van der Waals surface area (Å²) in [5, 5.41) is 8.72. The maximum absolute atomic E-state index is 6.09. The van der Waals surface area contributed by atoms with E-state index < -0.39 is 0 Å². The van der Waals surface area contributed by atoms with Crippen molar-refractivity contribution < 1.29 is 0 Å². The minimum absolute atomic E-state index is 0.540. The molecule has 0 fully saturated rings. The average Bonchev–Trinajstić information content (AvgIpc) is 2.74. The molecule has 0 bridgehead atoms. The highest BCUT2D eigenvalue weighted by molar-refractivity contribution is 6.30. The molecule has 0 spiro atoms. The molecule has 0 saturated carbocycles. The largest absolute Gasteiger partial charge is 0.317 e. The Balaban J connectivity index is 2.08. The lowest BCUT2D eigenvalue weighted by molar-refractivity contribution is 0.464. The van der Waals surface area contributed by atoms with Crippen molar-refractivity contribution >= 4 is 11.6 Å². The summed E-state index contributed by atoms with van der Waals surface area (Å²) in [5.41, 5.74) is 3.67. The molecule has 0 aliphatic heterocycles. The Morgan fingerprint density at radius 1 is 1.29 bits per heavy atom.